The number of alkyl carbamates (subject to hydrolysis) is 1. The third kappa shape index (κ3) is 6.10. The Labute approximate surface area is 193 Å². The monoisotopic (exact) mass is 454 g/mol. The van der Waals surface area contributed by atoms with E-state index in [-0.39, 0.29) is 19.1 Å². The molecule has 0 heterocycles. The maximum absolute atomic E-state index is 12.5. The molecular weight excluding hydrogens is 424 g/mol. The van der Waals surface area contributed by atoms with Crippen LogP contribution in [-0.2, 0) is 19.1 Å². The minimum atomic E-state index is -0.914. The Kier molecular flexibility index (Phi) is 8.43. The summed E-state index contributed by atoms with van der Waals surface area (Å²) in [5, 5.41) is 14.2. The van der Waals surface area contributed by atoms with E-state index in [2.05, 4.69) is 22.8 Å². The number of carbonyl (C=O) groups is 3. The van der Waals surface area contributed by atoms with Crippen LogP contribution in [0.4, 0.5) is 4.79 Å². The van der Waals surface area contributed by atoms with Crippen molar-refractivity contribution in [2.24, 2.45) is 5.92 Å². The van der Waals surface area contributed by atoms with Gasteiger partial charge in [-0.1, -0.05) is 55.5 Å². The van der Waals surface area contributed by atoms with E-state index in [1.54, 1.807) is 6.92 Å². The Bertz CT molecular complexity index is 947. The Morgan fingerprint density at radius 1 is 1.03 bits per heavy atom. The fourth-order valence-electron chi connectivity index (χ4n) is 4.00. The van der Waals surface area contributed by atoms with E-state index in [9.17, 15) is 14.4 Å². The number of nitrogens with one attached hydrogen (secondary N) is 2. The van der Waals surface area contributed by atoms with Crippen LogP contribution in [0.5, 0.6) is 0 Å². The molecule has 1 aliphatic carbocycles. The second-order valence-electron chi connectivity index (χ2n) is 8.15. The topological polar surface area (TPSA) is 114 Å². The SMILES string of the molecule is COC[C@H](NC(=O)OCC1c2ccccc2-c2ccccc21)C(=O)NCCCC(C)C(=O)O. The summed E-state index contributed by atoms with van der Waals surface area (Å²) in [7, 11) is 1.44. The molecule has 2 aromatic carbocycles. The van der Waals surface area contributed by atoms with Crippen molar-refractivity contribution in [3.05, 3.63) is 59.7 Å². The molecular formula is C25H30N2O6. The van der Waals surface area contributed by atoms with Crippen molar-refractivity contribution >= 4 is 18.0 Å². The molecule has 8 heteroatoms. The zero-order chi connectivity index (χ0) is 23.8. The number of hydrogen-bond donors (Lipinski definition) is 3. The third-order valence-corrected chi connectivity index (χ3v) is 5.82. The molecule has 1 unspecified atom stereocenters. The van der Waals surface area contributed by atoms with E-state index >= 15 is 0 Å². The zero-order valence-corrected chi connectivity index (χ0v) is 18.9. The van der Waals surface area contributed by atoms with E-state index in [1.165, 1.54) is 7.11 Å². The van der Waals surface area contributed by atoms with E-state index < -0.39 is 29.9 Å². The highest BCUT2D eigenvalue weighted by Crippen LogP contribution is 2.44. The van der Waals surface area contributed by atoms with Gasteiger partial charge in [-0.25, -0.2) is 4.79 Å². The van der Waals surface area contributed by atoms with Crippen LogP contribution in [0, 0.1) is 5.92 Å². The van der Waals surface area contributed by atoms with Gasteiger partial charge in [0.1, 0.15) is 12.6 Å². The van der Waals surface area contributed by atoms with Crippen LogP contribution in [0.25, 0.3) is 11.1 Å². The van der Waals surface area contributed by atoms with Gasteiger partial charge in [-0.2, -0.15) is 0 Å². The molecule has 0 saturated heterocycles. The number of methoxy groups -OCH3 is 1. The van der Waals surface area contributed by atoms with E-state index in [0.29, 0.717) is 19.4 Å². The Morgan fingerprint density at radius 3 is 2.21 bits per heavy atom. The third-order valence-electron chi connectivity index (χ3n) is 5.82. The highest BCUT2D eigenvalue weighted by atomic mass is 16.5. The molecule has 176 valence electrons. The second kappa shape index (κ2) is 11.5. The van der Waals surface area contributed by atoms with Gasteiger partial charge in [-0.05, 0) is 35.1 Å². The molecule has 0 saturated carbocycles. The minimum absolute atomic E-state index is 0.0123. The average molecular weight is 455 g/mol. The summed E-state index contributed by atoms with van der Waals surface area (Å²) in [6.07, 6.45) is 0.266. The summed E-state index contributed by atoms with van der Waals surface area (Å²) in [4.78, 5) is 35.8. The summed E-state index contributed by atoms with van der Waals surface area (Å²) in [6.45, 7) is 2.06. The molecule has 0 spiro atoms. The number of carboxylic acid groups (broad SMARTS) is 1. The lowest BCUT2D eigenvalue weighted by Crippen LogP contribution is -2.49. The van der Waals surface area contributed by atoms with Gasteiger partial charge in [0.2, 0.25) is 5.91 Å². The number of fused-ring (bicyclic) bond motifs is 3. The average Bonchev–Trinajstić information content (AvgIpc) is 3.13. The Balaban J connectivity index is 1.53. The number of amides is 2. The lowest BCUT2D eigenvalue weighted by Gasteiger charge is -2.19. The van der Waals surface area contributed by atoms with E-state index in [1.807, 2.05) is 36.4 Å². The van der Waals surface area contributed by atoms with Crippen molar-refractivity contribution in [2.75, 3.05) is 26.9 Å². The Hall–Kier alpha value is -3.39. The van der Waals surface area contributed by atoms with Crippen molar-refractivity contribution < 1.29 is 29.0 Å². The maximum atomic E-state index is 12.5. The smallest absolute Gasteiger partial charge is 0.407 e. The zero-order valence-electron chi connectivity index (χ0n) is 18.9. The summed E-state index contributed by atoms with van der Waals surface area (Å²) >= 11 is 0. The standard InChI is InChI=1S/C25H30N2O6/c1-16(24(29)30)8-7-13-26-23(28)22(15-32-2)27-25(31)33-14-21-19-11-5-3-9-17(19)18-10-4-6-12-20(18)21/h3-6,9-12,16,21-22H,7-8,13-15H2,1-2H3,(H,26,28)(H,27,31)(H,29,30)/t16?,22-/m0/s1. The molecule has 0 radical (unpaired) electrons. The summed E-state index contributed by atoms with van der Waals surface area (Å²) in [5.74, 6) is -1.83. The van der Waals surface area contributed by atoms with Gasteiger partial charge in [0, 0.05) is 19.6 Å². The molecule has 8 nitrogen and oxygen atoms in total. The number of carbonyl (C=O) groups excluding carboxylic acids is 2. The van der Waals surface area contributed by atoms with Crippen molar-refractivity contribution in [3.63, 3.8) is 0 Å². The molecule has 3 N–H and O–H groups in total. The Morgan fingerprint density at radius 2 is 1.64 bits per heavy atom. The lowest BCUT2D eigenvalue weighted by atomic mass is 9.98. The predicted octanol–water partition coefficient (Wildman–Crippen LogP) is 3.16. The minimum Gasteiger partial charge on any atom is -0.481 e. The lowest BCUT2D eigenvalue weighted by molar-refractivity contribution is -0.141. The summed E-state index contributed by atoms with van der Waals surface area (Å²) in [5.41, 5.74) is 4.48. The van der Waals surface area contributed by atoms with E-state index in [4.69, 9.17) is 14.6 Å². The first-order valence-corrected chi connectivity index (χ1v) is 11.0. The van der Waals surface area contributed by atoms with Gasteiger partial charge < -0.3 is 25.2 Å². The quantitative estimate of drug-likeness (QED) is 0.450. The van der Waals surface area contributed by atoms with Gasteiger partial charge in [0.05, 0.1) is 12.5 Å². The van der Waals surface area contributed by atoms with Gasteiger partial charge >= 0.3 is 12.1 Å². The van der Waals surface area contributed by atoms with Crippen LogP contribution in [0.2, 0.25) is 0 Å². The first-order chi connectivity index (χ1) is 15.9. The molecule has 3 rings (SSSR count). The van der Waals surface area contributed by atoms with Crippen LogP contribution in [0.1, 0.15) is 36.8 Å². The molecule has 2 atom stereocenters. The molecule has 1 aliphatic rings. The fraction of sp³-hybridized carbons (Fsp3) is 0.400. The number of hydrogen-bond acceptors (Lipinski definition) is 5. The van der Waals surface area contributed by atoms with Crippen molar-refractivity contribution in [1.29, 1.82) is 0 Å². The highest BCUT2D eigenvalue weighted by Gasteiger charge is 2.29. The van der Waals surface area contributed by atoms with Crippen molar-refractivity contribution in [3.8, 4) is 11.1 Å². The molecule has 0 aromatic heterocycles. The van der Waals surface area contributed by atoms with Crippen LogP contribution >= 0.6 is 0 Å². The number of rotatable bonds is 11. The number of carboxylic acids is 1. The summed E-state index contributed by atoms with van der Waals surface area (Å²) < 4.78 is 10.6. The van der Waals surface area contributed by atoms with Crippen LogP contribution in [-0.4, -0.2) is 56.0 Å². The molecule has 0 fully saturated rings. The molecule has 33 heavy (non-hydrogen) atoms. The van der Waals surface area contributed by atoms with Gasteiger partial charge in [0.25, 0.3) is 0 Å². The second-order valence-corrected chi connectivity index (χ2v) is 8.15. The van der Waals surface area contributed by atoms with Gasteiger partial charge in [0.15, 0.2) is 0 Å². The largest absolute Gasteiger partial charge is 0.481 e. The molecule has 0 bridgehead atoms. The van der Waals surface area contributed by atoms with E-state index in [0.717, 1.165) is 22.3 Å². The molecule has 2 aromatic rings. The first-order valence-electron chi connectivity index (χ1n) is 11.0. The first kappa shape index (κ1) is 24.3. The molecule has 2 amide bonds. The van der Waals surface area contributed by atoms with Gasteiger partial charge in [-0.3, -0.25) is 9.59 Å². The van der Waals surface area contributed by atoms with Crippen LogP contribution in [0.15, 0.2) is 48.5 Å². The predicted molar refractivity (Wildman–Crippen MR) is 123 cm³/mol. The maximum Gasteiger partial charge on any atom is 0.407 e. The number of benzene rings is 2. The molecule has 0 aliphatic heterocycles. The fourth-order valence-corrected chi connectivity index (χ4v) is 4.00. The number of ether oxygens (including phenoxy) is 2. The van der Waals surface area contributed by atoms with Crippen molar-refractivity contribution in [2.45, 2.75) is 31.7 Å². The summed E-state index contributed by atoms with van der Waals surface area (Å²) in [6, 6.07) is 15.2. The highest BCUT2D eigenvalue weighted by molar-refractivity contribution is 5.86. The van der Waals surface area contributed by atoms with Crippen molar-refractivity contribution in [1.82, 2.24) is 10.6 Å². The normalized spacial score (nSPS) is 14.0. The number of aliphatic carboxylic acids is 1. The van der Waals surface area contributed by atoms with Crippen LogP contribution < -0.4 is 10.6 Å². The van der Waals surface area contributed by atoms with Crippen LogP contribution in [0.3, 0.4) is 0 Å². The van der Waals surface area contributed by atoms with Gasteiger partial charge in [-0.15, -0.1) is 0 Å².